The SMILES string of the molecule is COCCN1C(=O)C(=O)C(=C(O)c2ccccc2)[C@@H]1c1cccc(Oc2ccccc2)c1. The van der Waals surface area contributed by atoms with Gasteiger partial charge in [-0.2, -0.15) is 0 Å². The van der Waals surface area contributed by atoms with Gasteiger partial charge in [-0.05, 0) is 29.8 Å². The molecule has 0 aliphatic carbocycles. The number of ether oxygens (including phenoxy) is 2. The first-order valence-electron chi connectivity index (χ1n) is 10.3. The second kappa shape index (κ2) is 9.49. The number of amides is 1. The average molecular weight is 429 g/mol. The quantitative estimate of drug-likeness (QED) is 0.339. The summed E-state index contributed by atoms with van der Waals surface area (Å²) in [5.41, 5.74) is 1.18. The summed E-state index contributed by atoms with van der Waals surface area (Å²) in [6.07, 6.45) is 0. The van der Waals surface area contributed by atoms with Gasteiger partial charge in [0.05, 0.1) is 18.2 Å². The number of aliphatic hydroxyl groups is 1. The Balaban J connectivity index is 1.79. The normalized spacial score (nSPS) is 17.5. The minimum atomic E-state index is -0.760. The number of rotatable bonds is 7. The first kappa shape index (κ1) is 21.3. The molecule has 0 unspecified atom stereocenters. The van der Waals surface area contributed by atoms with Crippen molar-refractivity contribution >= 4 is 17.4 Å². The molecule has 162 valence electrons. The van der Waals surface area contributed by atoms with Crippen LogP contribution in [0.2, 0.25) is 0 Å². The molecule has 6 nitrogen and oxygen atoms in total. The molecular formula is C26H23NO5. The molecule has 1 heterocycles. The first-order valence-corrected chi connectivity index (χ1v) is 10.3. The van der Waals surface area contributed by atoms with Crippen LogP contribution in [0.1, 0.15) is 17.2 Å². The highest BCUT2D eigenvalue weighted by atomic mass is 16.5. The zero-order chi connectivity index (χ0) is 22.5. The van der Waals surface area contributed by atoms with Crippen molar-refractivity contribution in [3.8, 4) is 11.5 Å². The molecule has 1 atom stereocenters. The lowest BCUT2D eigenvalue weighted by Crippen LogP contribution is -2.32. The highest BCUT2D eigenvalue weighted by Crippen LogP contribution is 2.40. The third kappa shape index (κ3) is 4.26. The van der Waals surface area contributed by atoms with Crippen LogP contribution >= 0.6 is 0 Å². The molecule has 6 heteroatoms. The van der Waals surface area contributed by atoms with E-state index in [0.717, 1.165) is 0 Å². The van der Waals surface area contributed by atoms with Crippen molar-refractivity contribution in [1.82, 2.24) is 4.90 Å². The maximum atomic E-state index is 13.0. The average Bonchev–Trinajstić information content (AvgIpc) is 3.08. The van der Waals surface area contributed by atoms with Gasteiger partial charge < -0.3 is 19.5 Å². The smallest absolute Gasteiger partial charge is 0.295 e. The second-order valence-corrected chi connectivity index (χ2v) is 7.34. The number of methoxy groups -OCH3 is 1. The number of likely N-dealkylation sites (tertiary alicyclic amines) is 1. The first-order chi connectivity index (χ1) is 15.6. The van der Waals surface area contributed by atoms with Crippen molar-refractivity contribution in [2.75, 3.05) is 20.3 Å². The molecule has 0 bridgehead atoms. The van der Waals surface area contributed by atoms with Gasteiger partial charge in [0.1, 0.15) is 17.3 Å². The largest absolute Gasteiger partial charge is 0.507 e. The lowest BCUT2D eigenvalue weighted by Gasteiger charge is -2.25. The zero-order valence-electron chi connectivity index (χ0n) is 17.6. The van der Waals surface area contributed by atoms with Gasteiger partial charge in [-0.15, -0.1) is 0 Å². The predicted octanol–water partition coefficient (Wildman–Crippen LogP) is 4.55. The summed E-state index contributed by atoms with van der Waals surface area (Å²) < 4.78 is 11.1. The van der Waals surface area contributed by atoms with E-state index < -0.39 is 17.7 Å². The summed E-state index contributed by atoms with van der Waals surface area (Å²) in [6.45, 7) is 0.468. The Morgan fingerprint density at radius 3 is 2.25 bits per heavy atom. The molecule has 1 aliphatic rings. The molecule has 3 aromatic rings. The van der Waals surface area contributed by atoms with Gasteiger partial charge in [-0.3, -0.25) is 9.59 Å². The van der Waals surface area contributed by atoms with Crippen LogP contribution in [-0.2, 0) is 14.3 Å². The summed E-state index contributed by atoms with van der Waals surface area (Å²) >= 11 is 0. The standard InChI is InChI=1S/C26H23NO5/c1-31-16-15-27-23(19-11-8-14-21(17-19)32-20-12-6-3-7-13-20)22(25(29)26(27)30)24(28)18-9-4-2-5-10-18/h2-14,17,23,28H,15-16H2,1H3/t23-/m0/s1. The van der Waals surface area contributed by atoms with Crippen LogP contribution in [0.5, 0.6) is 11.5 Å². The lowest BCUT2D eigenvalue weighted by molar-refractivity contribution is -0.140. The Kier molecular flexibility index (Phi) is 6.33. The highest BCUT2D eigenvalue weighted by Gasteiger charge is 2.45. The molecule has 3 aromatic carbocycles. The molecule has 1 amide bonds. The fourth-order valence-electron chi connectivity index (χ4n) is 3.77. The monoisotopic (exact) mass is 429 g/mol. The number of carbonyl (C=O) groups is 2. The summed E-state index contributed by atoms with van der Waals surface area (Å²) in [6, 6.07) is 24.5. The second-order valence-electron chi connectivity index (χ2n) is 7.34. The van der Waals surface area contributed by atoms with Crippen molar-refractivity contribution in [3.63, 3.8) is 0 Å². The molecule has 0 aromatic heterocycles. The van der Waals surface area contributed by atoms with E-state index in [4.69, 9.17) is 9.47 Å². The van der Waals surface area contributed by atoms with Crippen LogP contribution in [0.25, 0.3) is 5.76 Å². The summed E-state index contributed by atoms with van der Waals surface area (Å²) in [5.74, 6) is -0.364. The van der Waals surface area contributed by atoms with E-state index in [2.05, 4.69) is 0 Å². The summed E-state index contributed by atoms with van der Waals surface area (Å²) in [4.78, 5) is 27.3. The Labute approximate surface area is 186 Å². The molecule has 1 N–H and O–H groups in total. The molecule has 1 fully saturated rings. The number of aliphatic hydroxyl groups excluding tert-OH is 1. The number of hydrogen-bond acceptors (Lipinski definition) is 5. The molecule has 1 aliphatic heterocycles. The molecule has 0 saturated carbocycles. The third-order valence-corrected chi connectivity index (χ3v) is 5.28. The number of benzene rings is 3. The summed E-state index contributed by atoms with van der Waals surface area (Å²) in [5, 5.41) is 11.0. The molecule has 0 radical (unpaired) electrons. The van der Waals surface area contributed by atoms with Gasteiger partial charge in [-0.1, -0.05) is 60.7 Å². The third-order valence-electron chi connectivity index (χ3n) is 5.28. The van der Waals surface area contributed by atoms with Crippen LogP contribution in [0.4, 0.5) is 0 Å². The van der Waals surface area contributed by atoms with Crippen molar-refractivity contribution in [3.05, 3.63) is 102 Å². The Morgan fingerprint density at radius 2 is 1.56 bits per heavy atom. The Bertz CT molecular complexity index is 1140. The van der Waals surface area contributed by atoms with E-state index in [1.165, 1.54) is 12.0 Å². The minimum Gasteiger partial charge on any atom is -0.507 e. The Morgan fingerprint density at radius 1 is 0.906 bits per heavy atom. The summed E-state index contributed by atoms with van der Waals surface area (Å²) in [7, 11) is 1.53. The lowest BCUT2D eigenvalue weighted by atomic mass is 9.95. The van der Waals surface area contributed by atoms with Gasteiger partial charge >= 0.3 is 0 Å². The van der Waals surface area contributed by atoms with E-state index in [1.807, 2.05) is 42.5 Å². The fourth-order valence-corrected chi connectivity index (χ4v) is 3.77. The minimum absolute atomic E-state index is 0.0502. The van der Waals surface area contributed by atoms with E-state index in [-0.39, 0.29) is 24.5 Å². The topological polar surface area (TPSA) is 76.1 Å². The van der Waals surface area contributed by atoms with Crippen LogP contribution in [0.15, 0.2) is 90.5 Å². The van der Waals surface area contributed by atoms with Crippen LogP contribution in [0, 0.1) is 0 Å². The van der Waals surface area contributed by atoms with Crippen molar-refractivity contribution in [2.24, 2.45) is 0 Å². The number of para-hydroxylation sites is 1. The van der Waals surface area contributed by atoms with E-state index in [1.54, 1.807) is 42.5 Å². The number of ketones is 1. The van der Waals surface area contributed by atoms with E-state index in [0.29, 0.717) is 22.6 Å². The number of carbonyl (C=O) groups excluding carboxylic acids is 2. The fraction of sp³-hybridized carbons (Fsp3) is 0.154. The molecule has 0 spiro atoms. The maximum absolute atomic E-state index is 13.0. The zero-order valence-corrected chi connectivity index (χ0v) is 17.6. The van der Waals surface area contributed by atoms with Crippen LogP contribution in [0.3, 0.4) is 0 Å². The van der Waals surface area contributed by atoms with Gasteiger partial charge in [-0.25, -0.2) is 0 Å². The van der Waals surface area contributed by atoms with E-state index in [9.17, 15) is 14.7 Å². The molecule has 1 saturated heterocycles. The van der Waals surface area contributed by atoms with Crippen LogP contribution < -0.4 is 4.74 Å². The molecule has 32 heavy (non-hydrogen) atoms. The van der Waals surface area contributed by atoms with Gasteiger partial charge in [0.15, 0.2) is 0 Å². The maximum Gasteiger partial charge on any atom is 0.295 e. The number of nitrogens with zero attached hydrogens (tertiary/aromatic N) is 1. The number of Topliss-reactive ketones (excluding diaryl/α,β-unsaturated/α-hetero) is 1. The van der Waals surface area contributed by atoms with Crippen molar-refractivity contribution < 1.29 is 24.2 Å². The van der Waals surface area contributed by atoms with Crippen molar-refractivity contribution in [1.29, 1.82) is 0 Å². The van der Waals surface area contributed by atoms with Crippen LogP contribution in [-0.4, -0.2) is 42.0 Å². The van der Waals surface area contributed by atoms with Gasteiger partial charge in [0.2, 0.25) is 0 Å². The van der Waals surface area contributed by atoms with E-state index >= 15 is 0 Å². The predicted molar refractivity (Wildman–Crippen MR) is 120 cm³/mol. The highest BCUT2D eigenvalue weighted by molar-refractivity contribution is 6.46. The molecule has 4 rings (SSSR count). The Hall–Kier alpha value is -3.90. The molecular weight excluding hydrogens is 406 g/mol. The van der Waals surface area contributed by atoms with Crippen molar-refractivity contribution in [2.45, 2.75) is 6.04 Å². The number of hydrogen-bond donors (Lipinski definition) is 1. The van der Waals surface area contributed by atoms with Gasteiger partial charge in [0.25, 0.3) is 11.7 Å². The van der Waals surface area contributed by atoms with Gasteiger partial charge in [0, 0.05) is 19.2 Å².